The number of pyridine rings is 3. The number of hydrogen-bond acceptors (Lipinski definition) is 4. The Morgan fingerprint density at radius 2 is 1.87 bits per heavy atom. The molecule has 0 saturated heterocycles. The lowest BCUT2D eigenvalue weighted by Crippen LogP contribution is -1.90. The Balaban J connectivity index is 1.57. The van der Waals surface area contributed by atoms with Crippen molar-refractivity contribution >= 4 is 32.8 Å². The molecular formula is C27H19N3O. The first kappa shape index (κ1) is 12.6. The van der Waals surface area contributed by atoms with E-state index in [0.717, 1.165) is 16.2 Å². The molecule has 0 radical (unpaired) electrons. The van der Waals surface area contributed by atoms with E-state index in [1.54, 1.807) is 42.9 Å². The highest BCUT2D eigenvalue weighted by Gasteiger charge is 2.15. The number of furan rings is 1. The number of rotatable bonds is 2. The van der Waals surface area contributed by atoms with E-state index in [9.17, 15) is 0 Å². The first-order chi connectivity index (χ1) is 17.6. The normalized spacial score (nSPS) is 15.2. The summed E-state index contributed by atoms with van der Waals surface area (Å²) in [6.45, 7) is -4.67. The minimum absolute atomic E-state index is 0.0385. The van der Waals surface area contributed by atoms with Gasteiger partial charge < -0.3 is 4.42 Å². The van der Waals surface area contributed by atoms with Crippen molar-refractivity contribution in [1.29, 1.82) is 0 Å². The van der Waals surface area contributed by atoms with Gasteiger partial charge in [0.15, 0.2) is 0 Å². The van der Waals surface area contributed by atoms with Crippen molar-refractivity contribution in [1.82, 2.24) is 15.0 Å². The van der Waals surface area contributed by atoms with Crippen LogP contribution in [0.15, 0.2) is 83.7 Å². The lowest BCUT2D eigenvalue weighted by Gasteiger charge is -2.12. The molecule has 0 aliphatic heterocycles. The summed E-state index contributed by atoms with van der Waals surface area (Å²) in [5, 5.41) is 3.10. The Hall–Kier alpha value is -4.05. The number of hydrogen-bond donors (Lipinski definition) is 0. The number of benzene rings is 2. The number of aromatic nitrogens is 3. The van der Waals surface area contributed by atoms with Crippen molar-refractivity contribution in [2.75, 3.05) is 0 Å². The molecule has 31 heavy (non-hydrogen) atoms. The molecule has 4 nitrogen and oxygen atoms in total. The van der Waals surface area contributed by atoms with Gasteiger partial charge in [0.1, 0.15) is 5.58 Å². The molecule has 6 rings (SSSR count). The molecule has 0 N–H and O–H groups in total. The maximum absolute atomic E-state index is 8.13. The van der Waals surface area contributed by atoms with Gasteiger partial charge in [-0.15, -0.1) is 0 Å². The van der Waals surface area contributed by atoms with Crippen molar-refractivity contribution in [3.05, 3.63) is 90.5 Å². The third-order valence-corrected chi connectivity index (χ3v) is 5.51. The molecule has 0 aliphatic carbocycles. The molecule has 0 bridgehead atoms. The monoisotopic (exact) mass is 407 g/mol. The molecule has 0 unspecified atom stereocenters. The standard InChI is InChI=1S/C27H19N3O/c1-16-6-8-19-15-28-12-11-20(19)25(16)18-10-13-29-24(14-18)23-5-3-4-21-22-9-7-17(2)30-27(22)31-26(21)23/h3-15H,1-2H3/i1D3,2D3. The van der Waals surface area contributed by atoms with Crippen LogP contribution >= 0.6 is 0 Å². The van der Waals surface area contributed by atoms with Crippen LogP contribution in [0, 0.1) is 13.7 Å². The summed E-state index contributed by atoms with van der Waals surface area (Å²) >= 11 is 0. The number of nitrogens with zero attached hydrogens (tertiary/aromatic N) is 3. The van der Waals surface area contributed by atoms with Crippen molar-refractivity contribution in [2.24, 2.45) is 0 Å². The Labute approximate surface area is 187 Å². The molecule has 0 aliphatic rings. The first-order valence-corrected chi connectivity index (χ1v) is 9.78. The van der Waals surface area contributed by atoms with Crippen molar-refractivity contribution in [3.8, 4) is 22.4 Å². The zero-order chi connectivity index (χ0) is 25.9. The van der Waals surface area contributed by atoms with Crippen molar-refractivity contribution in [3.63, 3.8) is 0 Å². The molecule has 0 spiro atoms. The summed E-state index contributed by atoms with van der Waals surface area (Å²) in [7, 11) is 0. The molecule has 2 aromatic carbocycles. The van der Waals surface area contributed by atoms with Crippen LogP contribution in [0.5, 0.6) is 0 Å². The molecule has 0 fully saturated rings. The van der Waals surface area contributed by atoms with Gasteiger partial charge in [0.25, 0.3) is 0 Å². The van der Waals surface area contributed by atoms with Gasteiger partial charge in [-0.1, -0.05) is 24.3 Å². The predicted octanol–water partition coefficient (Wildman–Crippen LogP) is 6.88. The molecule has 0 atom stereocenters. The van der Waals surface area contributed by atoms with Crippen molar-refractivity contribution < 1.29 is 12.6 Å². The molecule has 4 heterocycles. The second-order valence-corrected chi connectivity index (χ2v) is 7.35. The van der Waals surface area contributed by atoms with Crippen LogP contribution < -0.4 is 0 Å². The van der Waals surface area contributed by atoms with Gasteiger partial charge in [0.05, 0.1) is 5.69 Å². The fraction of sp³-hybridized carbons (Fsp3) is 0.0741. The minimum Gasteiger partial charge on any atom is -0.437 e. The third-order valence-electron chi connectivity index (χ3n) is 5.51. The average Bonchev–Trinajstić information content (AvgIpc) is 3.25. The molecule has 6 aromatic rings. The highest BCUT2D eigenvalue weighted by atomic mass is 16.3. The Bertz CT molecular complexity index is 1820. The van der Waals surface area contributed by atoms with E-state index in [2.05, 4.69) is 15.0 Å². The summed E-state index contributed by atoms with van der Waals surface area (Å²) in [4.78, 5) is 13.0. The molecule has 0 amide bonds. The Morgan fingerprint density at radius 3 is 2.81 bits per heavy atom. The van der Waals surface area contributed by atoms with Crippen LogP contribution in [0.1, 0.15) is 19.5 Å². The number of fused-ring (bicyclic) bond motifs is 4. The first-order valence-electron chi connectivity index (χ1n) is 12.8. The molecule has 148 valence electrons. The van der Waals surface area contributed by atoms with Gasteiger partial charge in [-0.2, -0.15) is 0 Å². The lowest BCUT2D eigenvalue weighted by molar-refractivity contribution is 0.653. The van der Waals surface area contributed by atoms with E-state index in [0.29, 0.717) is 33.4 Å². The second-order valence-electron chi connectivity index (χ2n) is 7.35. The molecule has 4 heteroatoms. The molecule has 4 aromatic heterocycles. The topological polar surface area (TPSA) is 51.8 Å². The van der Waals surface area contributed by atoms with Gasteiger partial charge >= 0.3 is 0 Å². The Kier molecular flexibility index (Phi) is 2.74. The summed E-state index contributed by atoms with van der Waals surface area (Å²) < 4.78 is 53.4. The summed E-state index contributed by atoms with van der Waals surface area (Å²) in [6, 6.07) is 17.6. The summed E-state index contributed by atoms with van der Waals surface area (Å²) in [5.74, 6) is 0. The van der Waals surface area contributed by atoms with Gasteiger partial charge in [-0.25, -0.2) is 4.98 Å². The quantitative estimate of drug-likeness (QED) is 0.314. The second kappa shape index (κ2) is 6.74. The van der Waals surface area contributed by atoms with Gasteiger partial charge in [0.2, 0.25) is 5.71 Å². The highest BCUT2D eigenvalue weighted by molar-refractivity contribution is 6.08. The summed E-state index contributed by atoms with van der Waals surface area (Å²) in [6.07, 6.45) is 4.99. The van der Waals surface area contributed by atoms with Crippen LogP contribution in [0.4, 0.5) is 0 Å². The van der Waals surface area contributed by atoms with Crippen molar-refractivity contribution in [2.45, 2.75) is 13.7 Å². The van der Waals surface area contributed by atoms with E-state index < -0.39 is 13.7 Å². The fourth-order valence-electron chi connectivity index (χ4n) is 4.09. The SMILES string of the molecule is [2H]C([2H])([2H])c1ccc2c(n1)oc1c(-c3cc(-c4c(C([2H])([2H])[2H])ccc5cnccc45)ccn3)cccc12. The summed E-state index contributed by atoms with van der Waals surface area (Å²) in [5.41, 5.74) is 3.53. The van der Waals surface area contributed by atoms with Gasteiger partial charge in [-0.05, 0) is 72.2 Å². The number of para-hydroxylation sites is 1. The van der Waals surface area contributed by atoms with Crippen LogP contribution in [0.3, 0.4) is 0 Å². The van der Waals surface area contributed by atoms with Crippen LogP contribution in [-0.4, -0.2) is 15.0 Å². The lowest BCUT2D eigenvalue weighted by atomic mass is 9.94. The maximum Gasteiger partial charge on any atom is 0.227 e. The van der Waals surface area contributed by atoms with E-state index in [1.165, 1.54) is 6.07 Å². The van der Waals surface area contributed by atoms with Crippen LogP contribution in [0.25, 0.3) is 55.2 Å². The fourth-order valence-corrected chi connectivity index (χ4v) is 4.09. The van der Waals surface area contributed by atoms with E-state index in [-0.39, 0.29) is 17.0 Å². The highest BCUT2D eigenvalue weighted by Crippen LogP contribution is 2.37. The average molecular weight is 408 g/mol. The number of aryl methyl sites for hydroxylation is 2. The maximum atomic E-state index is 8.13. The zero-order valence-electron chi connectivity index (χ0n) is 22.3. The van der Waals surface area contributed by atoms with Crippen LogP contribution in [-0.2, 0) is 0 Å². The van der Waals surface area contributed by atoms with Crippen LogP contribution in [0.2, 0.25) is 0 Å². The Morgan fingerprint density at radius 1 is 0.871 bits per heavy atom. The zero-order valence-corrected chi connectivity index (χ0v) is 16.3. The van der Waals surface area contributed by atoms with Gasteiger partial charge in [0, 0.05) is 54.2 Å². The van der Waals surface area contributed by atoms with E-state index >= 15 is 0 Å². The molecular weight excluding hydrogens is 382 g/mol. The smallest absolute Gasteiger partial charge is 0.227 e. The largest absolute Gasteiger partial charge is 0.437 e. The molecule has 0 saturated carbocycles. The predicted molar refractivity (Wildman–Crippen MR) is 125 cm³/mol. The van der Waals surface area contributed by atoms with E-state index in [1.807, 2.05) is 30.3 Å². The minimum atomic E-state index is -2.35. The van der Waals surface area contributed by atoms with E-state index in [4.69, 9.17) is 12.6 Å². The van der Waals surface area contributed by atoms with Gasteiger partial charge in [-0.3, -0.25) is 9.97 Å². The third kappa shape index (κ3) is 2.80.